The van der Waals surface area contributed by atoms with Crippen LogP contribution in [0.3, 0.4) is 0 Å². The molecular weight excluding hydrogens is 286 g/mol. The summed E-state index contributed by atoms with van der Waals surface area (Å²) in [7, 11) is 0. The van der Waals surface area contributed by atoms with E-state index in [1.165, 1.54) is 0 Å². The topological polar surface area (TPSA) is 39.1 Å². The lowest BCUT2D eigenvalue weighted by atomic mass is 10.1. The molecule has 0 fully saturated rings. The van der Waals surface area contributed by atoms with Crippen LogP contribution < -0.4 is 5.32 Å². The van der Waals surface area contributed by atoms with Crippen molar-refractivity contribution >= 4 is 11.6 Å². The number of hydrogen-bond donors (Lipinski definition) is 1. The van der Waals surface area contributed by atoms with E-state index < -0.39 is 0 Å². The molecule has 5 heteroatoms. The van der Waals surface area contributed by atoms with Crippen LogP contribution in [0.15, 0.2) is 0 Å². The van der Waals surface area contributed by atoms with Crippen molar-refractivity contribution in [2.24, 2.45) is 0 Å². The normalized spacial score (nSPS) is 12.8. The fraction of sp³-hybridized carbons (Fsp3) is 0.812. The molecule has 0 radical (unpaired) electrons. The highest BCUT2D eigenvalue weighted by Crippen LogP contribution is 2.23. The maximum atomic E-state index is 6.49. The van der Waals surface area contributed by atoms with Gasteiger partial charge in [0, 0.05) is 32.2 Å². The predicted octanol–water partition coefficient (Wildman–Crippen LogP) is 3.46. The van der Waals surface area contributed by atoms with Crippen molar-refractivity contribution in [3.63, 3.8) is 0 Å². The van der Waals surface area contributed by atoms with E-state index in [-0.39, 0.29) is 0 Å². The number of hydrogen-bond acceptors (Lipinski definition) is 3. The number of rotatable bonds is 11. The zero-order valence-electron chi connectivity index (χ0n) is 13.9. The number of ether oxygens (including phenoxy) is 1. The van der Waals surface area contributed by atoms with Crippen LogP contribution in [0.1, 0.15) is 51.9 Å². The minimum Gasteiger partial charge on any atom is -0.381 e. The van der Waals surface area contributed by atoms with E-state index in [2.05, 4.69) is 38.1 Å². The molecule has 0 spiro atoms. The van der Waals surface area contributed by atoms with Crippen molar-refractivity contribution in [1.82, 2.24) is 15.1 Å². The first-order chi connectivity index (χ1) is 10.2. The van der Waals surface area contributed by atoms with Gasteiger partial charge in [0.25, 0.3) is 0 Å². The molecule has 0 aliphatic heterocycles. The smallest absolute Gasteiger partial charge is 0.0850 e. The van der Waals surface area contributed by atoms with Crippen LogP contribution in [0.5, 0.6) is 0 Å². The second kappa shape index (κ2) is 10.2. The summed E-state index contributed by atoms with van der Waals surface area (Å²) in [6.07, 6.45) is 3.86. The highest BCUT2D eigenvalue weighted by molar-refractivity contribution is 6.31. The molecule has 0 saturated carbocycles. The third-order valence-corrected chi connectivity index (χ3v) is 4.02. The quantitative estimate of drug-likeness (QED) is 0.636. The Balaban J connectivity index is 2.71. The Kier molecular flexibility index (Phi) is 8.97. The van der Waals surface area contributed by atoms with Crippen molar-refractivity contribution < 1.29 is 4.74 Å². The van der Waals surface area contributed by atoms with Crippen LogP contribution in [0.4, 0.5) is 0 Å². The van der Waals surface area contributed by atoms with Crippen LogP contribution in [-0.2, 0) is 24.1 Å². The Bertz CT molecular complexity index is 406. The van der Waals surface area contributed by atoms with Gasteiger partial charge in [-0.3, -0.25) is 4.68 Å². The second-order valence-corrected chi connectivity index (χ2v) is 5.61. The first-order valence-corrected chi connectivity index (χ1v) is 8.60. The standard InChI is InChI=1S/C16H30ClN3O/c1-5-10-21-11-9-13(18-7-3)12-15-16(17)14(6-2)19-20(15)8-4/h13,18H,5-12H2,1-4H3. The average Bonchev–Trinajstić information content (AvgIpc) is 2.79. The third-order valence-electron chi connectivity index (χ3n) is 3.59. The van der Waals surface area contributed by atoms with Gasteiger partial charge in [-0.05, 0) is 32.7 Å². The summed E-state index contributed by atoms with van der Waals surface area (Å²) in [5.41, 5.74) is 2.16. The van der Waals surface area contributed by atoms with Crippen LogP contribution in [0.25, 0.3) is 0 Å². The molecule has 0 saturated heterocycles. The highest BCUT2D eigenvalue weighted by Gasteiger charge is 2.18. The van der Waals surface area contributed by atoms with Crippen molar-refractivity contribution in [2.45, 2.75) is 66.0 Å². The minimum absolute atomic E-state index is 0.385. The van der Waals surface area contributed by atoms with Crippen molar-refractivity contribution in [1.29, 1.82) is 0 Å². The summed E-state index contributed by atoms with van der Waals surface area (Å²) in [6, 6.07) is 0.385. The Labute approximate surface area is 134 Å². The molecule has 1 atom stereocenters. The molecule has 1 heterocycles. The largest absolute Gasteiger partial charge is 0.381 e. The zero-order chi connectivity index (χ0) is 15.7. The minimum atomic E-state index is 0.385. The van der Waals surface area contributed by atoms with Gasteiger partial charge in [0.2, 0.25) is 0 Å². The number of likely N-dealkylation sites (N-methyl/N-ethyl adjacent to an activating group) is 1. The molecule has 21 heavy (non-hydrogen) atoms. The fourth-order valence-corrected chi connectivity index (χ4v) is 2.83. The molecule has 122 valence electrons. The molecule has 0 aliphatic rings. The van der Waals surface area contributed by atoms with Crippen LogP contribution in [0.2, 0.25) is 5.02 Å². The van der Waals surface area contributed by atoms with Crippen LogP contribution >= 0.6 is 11.6 Å². The van der Waals surface area contributed by atoms with Gasteiger partial charge in [0.05, 0.1) is 16.4 Å². The molecule has 0 amide bonds. The lowest BCUT2D eigenvalue weighted by molar-refractivity contribution is 0.124. The van der Waals surface area contributed by atoms with Gasteiger partial charge in [-0.1, -0.05) is 32.4 Å². The van der Waals surface area contributed by atoms with Gasteiger partial charge in [0.1, 0.15) is 0 Å². The molecule has 1 aromatic rings. The molecule has 0 aromatic carbocycles. The van der Waals surface area contributed by atoms with Crippen molar-refractivity contribution in [2.75, 3.05) is 19.8 Å². The van der Waals surface area contributed by atoms with E-state index in [1.807, 2.05) is 4.68 Å². The number of nitrogens with one attached hydrogen (secondary N) is 1. The van der Waals surface area contributed by atoms with E-state index in [0.29, 0.717) is 6.04 Å². The third kappa shape index (κ3) is 5.61. The first-order valence-electron chi connectivity index (χ1n) is 8.22. The summed E-state index contributed by atoms with van der Waals surface area (Å²) < 4.78 is 7.66. The van der Waals surface area contributed by atoms with Gasteiger partial charge < -0.3 is 10.1 Å². The lowest BCUT2D eigenvalue weighted by Crippen LogP contribution is -2.33. The van der Waals surface area contributed by atoms with E-state index in [0.717, 1.165) is 68.4 Å². The van der Waals surface area contributed by atoms with Crippen molar-refractivity contribution in [3.05, 3.63) is 16.4 Å². The summed E-state index contributed by atoms with van der Waals surface area (Å²) in [5, 5.41) is 8.97. The zero-order valence-corrected chi connectivity index (χ0v) is 14.7. The Morgan fingerprint density at radius 2 is 2.00 bits per heavy atom. The summed E-state index contributed by atoms with van der Waals surface area (Å²) in [4.78, 5) is 0. The number of aromatic nitrogens is 2. The Morgan fingerprint density at radius 3 is 2.57 bits per heavy atom. The average molecular weight is 316 g/mol. The van der Waals surface area contributed by atoms with E-state index in [1.54, 1.807) is 0 Å². The number of halogens is 1. The second-order valence-electron chi connectivity index (χ2n) is 5.24. The predicted molar refractivity (Wildman–Crippen MR) is 89.2 cm³/mol. The molecule has 1 rings (SSSR count). The van der Waals surface area contributed by atoms with Crippen LogP contribution in [0, 0.1) is 0 Å². The van der Waals surface area contributed by atoms with Gasteiger partial charge in [-0.25, -0.2) is 0 Å². The molecule has 0 bridgehead atoms. The monoisotopic (exact) mass is 315 g/mol. The maximum Gasteiger partial charge on any atom is 0.0850 e. The van der Waals surface area contributed by atoms with Gasteiger partial charge in [0.15, 0.2) is 0 Å². The van der Waals surface area contributed by atoms with E-state index >= 15 is 0 Å². The van der Waals surface area contributed by atoms with Crippen molar-refractivity contribution in [3.8, 4) is 0 Å². The van der Waals surface area contributed by atoms with Gasteiger partial charge >= 0.3 is 0 Å². The summed E-state index contributed by atoms with van der Waals surface area (Å²) >= 11 is 6.49. The first kappa shape index (κ1) is 18.5. The number of nitrogens with zero attached hydrogens (tertiary/aromatic N) is 2. The number of aryl methyl sites for hydroxylation is 2. The van der Waals surface area contributed by atoms with Crippen LogP contribution in [-0.4, -0.2) is 35.6 Å². The molecule has 1 N–H and O–H groups in total. The lowest BCUT2D eigenvalue weighted by Gasteiger charge is -2.18. The van der Waals surface area contributed by atoms with E-state index in [4.69, 9.17) is 16.3 Å². The Morgan fingerprint density at radius 1 is 1.24 bits per heavy atom. The van der Waals surface area contributed by atoms with E-state index in [9.17, 15) is 0 Å². The molecular formula is C16H30ClN3O. The SMILES string of the molecule is CCCOCCC(Cc1c(Cl)c(CC)nn1CC)NCC. The molecule has 1 unspecified atom stereocenters. The fourth-order valence-electron chi connectivity index (χ4n) is 2.48. The highest BCUT2D eigenvalue weighted by atomic mass is 35.5. The molecule has 0 aliphatic carbocycles. The van der Waals surface area contributed by atoms with Gasteiger partial charge in [-0.2, -0.15) is 5.10 Å². The summed E-state index contributed by atoms with van der Waals surface area (Å²) in [5.74, 6) is 0. The maximum absolute atomic E-state index is 6.49. The Hall–Kier alpha value is -0.580. The summed E-state index contributed by atoms with van der Waals surface area (Å²) in [6.45, 7) is 11.9. The van der Waals surface area contributed by atoms with Gasteiger partial charge in [-0.15, -0.1) is 0 Å². The molecule has 4 nitrogen and oxygen atoms in total. The molecule has 1 aromatic heterocycles.